The third-order valence-corrected chi connectivity index (χ3v) is 7.73. The second kappa shape index (κ2) is 5.38. The van der Waals surface area contributed by atoms with Gasteiger partial charge in [-0.1, -0.05) is 13.3 Å². The van der Waals surface area contributed by atoms with E-state index in [0.29, 0.717) is 27.7 Å². The Balaban J connectivity index is 2.24. The molecule has 0 saturated carbocycles. The predicted molar refractivity (Wildman–Crippen MR) is 73.8 cm³/mol. The van der Waals surface area contributed by atoms with Crippen LogP contribution in [0.2, 0.25) is 0 Å². The average molecular weight is 338 g/mol. The van der Waals surface area contributed by atoms with Gasteiger partial charge in [0.1, 0.15) is 4.21 Å². The van der Waals surface area contributed by atoms with Crippen molar-refractivity contribution in [3.05, 3.63) is 15.9 Å². The molecule has 1 saturated heterocycles. The van der Waals surface area contributed by atoms with Crippen molar-refractivity contribution in [2.75, 3.05) is 13.1 Å². The van der Waals surface area contributed by atoms with E-state index in [1.54, 1.807) is 15.8 Å². The van der Waals surface area contributed by atoms with Gasteiger partial charge in [0.25, 0.3) is 10.0 Å². The molecule has 1 aliphatic heterocycles. The lowest BCUT2D eigenvalue weighted by molar-refractivity contribution is 0.262. The Bertz CT molecular complexity index is 483. The molecule has 2 rings (SSSR count). The first kappa shape index (κ1) is 13.5. The van der Waals surface area contributed by atoms with Gasteiger partial charge < -0.3 is 0 Å². The monoisotopic (exact) mass is 337 g/mol. The van der Waals surface area contributed by atoms with E-state index in [4.69, 9.17) is 0 Å². The van der Waals surface area contributed by atoms with Gasteiger partial charge in [0, 0.05) is 17.6 Å². The van der Waals surface area contributed by atoms with Crippen LogP contribution < -0.4 is 0 Å². The van der Waals surface area contributed by atoms with Crippen LogP contribution in [-0.4, -0.2) is 25.8 Å². The average Bonchev–Trinajstić information content (AvgIpc) is 2.76. The zero-order chi connectivity index (χ0) is 12.5. The van der Waals surface area contributed by atoms with Crippen molar-refractivity contribution in [1.29, 1.82) is 0 Å². The van der Waals surface area contributed by atoms with Crippen LogP contribution in [0.1, 0.15) is 26.2 Å². The topological polar surface area (TPSA) is 37.4 Å². The molecule has 1 aromatic heterocycles. The Hall–Kier alpha value is 0.0900. The summed E-state index contributed by atoms with van der Waals surface area (Å²) in [7, 11) is -3.29. The van der Waals surface area contributed by atoms with Crippen LogP contribution in [0.25, 0.3) is 0 Å². The first-order valence-electron chi connectivity index (χ1n) is 5.79. The predicted octanol–water partition coefficient (Wildman–Crippen LogP) is 3.32. The van der Waals surface area contributed by atoms with Crippen LogP contribution >= 0.6 is 27.3 Å². The summed E-state index contributed by atoms with van der Waals surface area (Å²) in [4.78, 5) is 0. The van der Waals surface area contributed by atoms with E-state index in [1.807, 2.05) is 0 Å². The van der Waals surface area contributed by atoms with Gasteiger partial charge in [-0.05, 0) is 46.1 Å². The second-order valence-corrected chi connectivity index (χ2v) is 8.24. The zero-order valence-electron chi connectivity index (χ0n) is 9.73. The molecule has 1 atom stereocenters. The number of thiophene rings is 1. The second-order valence-electron chi connectivity index (χ2n) is 4.34. The first-order valence-corrected chi connectivity index (χ1v) is 8.90. The van der Waals surface area contributed by atoms with Gasteiger partial charge >= 0.3 is 0 Å². The summed E-state index contributed by atoms with van der Waals surface area (Å²) in [5.74, 6) is 0.511. The van der Waals surface area contributed by atoms with Crippen molar-refractivity contribution in [3.63, 3.8) is 0 Å². The lowest BCUT2D eigenvalue weighted by Gasteiger charge is -2.31. The normalized spacial score (nSPS) is 22.8. The Labute approximate surface area is 115 Å². The highest BCUT2D eigenvalue weighted by molar-refractivity contribution is 9.10. The maximum Gasteiger partial charge on any atom is 0.253 e. The number of piperidine rings is 1. The minimum Gasteiger partial charge on any atom is -0.206 e. The van der Waals surface area contributed by atoms with Gasteiger partial charge in [-0.3, -0.25) is 0 Å². The van der Waals surface area contributed by atoms with Crippen LogP contribution in [0.4, 0.5) is 0 Å². The number of halogens is 1. The Morgan fingerprint density at radius 3 is 2.94 bits per heavy atom. The molecule has 0 amide bonds. The molecule has 0 aromatic carbocycles. The van der Waals surface area contributed by atoms with E-state index in [0.717, 1.165) is 19.3 Å². The molecule has 1 aromatic rings. The molecule has 0 aliphatic carbocycles. The van der Waals surface area contributed by atoms with Gasteiger partial charge in [0.05, 0.1) is 0 Å². The molecule has 17 heavy (non-hydrogen) atoms. The summed E-state index contributed by atoms with van der Waals surface area (Å²) in [5.41, 5.74) is 0. The highest BCUT2D eigenvalue weighted by atomic mass is 79.9. The number of sulfonamides is 1. The van der Waals surface area contributed by atoms with Crippen LogP contribution in [0.3, 0.4) is 0 Å². The SMILES string of the molecule is CCC1CCCN(S(=O)(=O)c2sccc2Br)C1. The summed E-state index contributed by atoms with van der Waals surface area (Å²) < 4.78 is 27.6. The molecular weight excluding hydrogens is 322 g/mol. The van der Waals surface area contributed by atoms with E-state index in [2.05, 4.69) is 22.9 Å². The molecule has 0 N–H and O–H groups in total. The van der Waals surface area contributed by atoms with Crippen molar-refractivity contribution in [3.8, 4) is 0 Å². The van der Waals surface area contributed by atoms with Crippen LogP contribution in [0, 0.1) is 5.92 Å². The summed E-state index contributed by atoms with van der Waals surface area (Å²) >= 11 is 4.59. The highest BCUT2D eigenvalue weighted by Crippen LogP contribution is 2.32. The summed E-state index contributed by atoms with van der Waals surface area (Å²) in [6.07, 6.45) is 3.17. The van der Waals surface area contributed by atoms with E-state index in [9.17, 15) is 8.42 Å². The minimum atomic E-state index is -3.29. The van der Waals surface area contributed by atoms with Crippen LogP contribution in [0.5, 0.6) is 0 Å². The fourth-order valence-electron chi connectivity index (χ4n) is 2.16. The maximum absolute atomic E-state index is 12.4. The number of hydrogen-bond donors (Lipinski definition) is 0. The third-order valence-electron chi connectivity index (χ3n) is 3.22. The standard InChI is InChI=1S/C11H16BrNO2S2/c1-2-9-4-3-6-13(8-9)17(14,15)11-10(12)5-7-16-11/h5,7,9H,2-4,6,8H2,1H3. The molecule has 96 valence electrons. The Morgan fingerprint density at radius 2 is 2.35 bits per heavy atom. The molecule has 1 unspecified atom stereocenters. The molecule has 3 nitrogen and oxygen atoms in total. The van der Waals surface area contributed by atoms with Gasteiger partial charge in [0.2, 0.25) is 0 Å². The number of rotatable bonds is 3. The Kier molecular flexibility index (Phi) is 4.28. The molecule has 0 bridgehead atoms. The minimum absolute atomic E-state index is 0.439. The lowest BCUT2D eigenvalue weighted by Crippen LogP contribution is -2.39. The maximum atomic E-state index is 12.4. The fraction of sp³-hybridized carbons (Fsp3) is 0.636. The summed E-state index contributed by atoms with van der Waals surface area (Å²) in [5, 5.41) is 1.80. The van der Waals surface area contributed by atoms with E-state index < -0.39 is 10.0 Å². The summed E-state index contributed by atoms with van der Waals surface area (Å²) in [6, 6.07) is 1.79. The van der Waals surface area contributed by atoms with Crippen LogP contribution in [0.15, 0.2) is 20.1 Å². The molecule has 0 spiro atoms. The fourth-order valence-corrected chi connectivity index (χ4v) is 6.16. The van der Waals surface area contributed by atoms with Crippen molar-refractivity contribution in [2.45, 2.75) is 30.4 Å². The Morgan fingerprint density at radius 1 is 1.59 bits per heavy atom. The van der Waals surface area contributed by atoms with Gasteiger partial charge in [0.15, 0.2) is 0 Å². The molecule has 1 aliphatic rings. The van der Waals surface area contributed by atoms with Gasteiger partial charge in [-0.2, -0.15) is 4.31 Å². The molecule has 6 heteroatoms. The van der Waals surface area contributed by atoms with Gasteiger partial charge in [-0.15, -0.1) is 11.3 Å². The van der Waals surface area contributed by atoms with Crippen molar-refractivity contribution < 1.29 is 8.42 Å². The number of hydrogen-bond acceptors (Lipinski definition) is 3. The molecule has 0 radical (unpaired) electrons. The van der Waals surface area contributed by atoms with E-state index >= 15 is 0 Å². The van der Waals surface area contributed by atoms with Crippen molar-refractivity contribution in [1.82, 2.24) is 4.31 Å². The lowest BCUT2D eigenvalue weighted by atomic mass is 9.97. The quantitative estimate of drug-likeness (QED) is 0.848. The first-order chi connectivity index (χ1) is 8.05. The van der Waals surface area contributed by atoms with Crippen LogP contribution in [-0.2, 0) is 10.0 Å². The molecule has 1 fully saturated rings. The van der Waals surface area contributed by atoms with Crippen molar-refractivity contribution >= 4 is 37.3 Å². The van der Waals surface area contributed by atoms with E-state index in [1.165, 1.54) is 11.3 Å². The molecule has 2 heterocycles. The smallest absolute Gasteiger partial charge is 0.206 e. The third kappa shape index (κ3) is 2.75. The largest absolute Gasteiger partial charge is 0.253 e. The number of nitrogens with zero attached hydrogens (tertiary/aromatic N) is 1. The highest BCUT2D eigenvalue weighted by Gasteiger charge is 2.31. The van der Waals surface area contributed by atoms with E-state index in [-0.39, 0.29) is 0 Å². The van der Waals surface area contributed by atoms with Crippen molar-refractivity contribution in [2.24, 2.45) is 5.92 Å². The van der Waals surface area contributed by atoms with Gasteiger partial charge in [-0.25, -0.2) is 8.42 Å². The zero-order valence-corrected chi connectivity index (χ0v) is 12.9. The molecular formula is C11H16BrNO2S2. The summed E-state index contributed by atoms with van der Waals surface area (Å²) in [6.45, 7) is 3.45.